The first-order valence-corrected chi connectivity index (χ1v) is 8.34. The van der Waals surface area contributed by atoms with Gasteiger partial charge in [0.15, 0.2) is 0 Å². The van der Waals surface area contributed by atoms with Gasteiger partial charge in [0, 0.05) is 23.7 Å². The zero-order chi connectivity index (χ0) is 12.2. The van der Waals surface area contributed by atoms with Gasteiger partial charge in [-0.05, 0) is 18.6 Å². The topological polar surface area (TPSA) is 46.2 Å². The van der Waals surface area contributed by atoms with Gasteiger partial charge in [-0.15, -0.1) is 11.3 Å². The average molecular weight is 282 g/mol. The molecule has 1 rings (SSSR count). The van der Waals surface area contributed by atoms with Gasteiger partial charge in [-0.25, -0.2) is 8.42 Å². The molecule has 0 spiro atoms. The van der Waals surface area contributed by atoms with Gasteiger partial charge in [-0.1, -0.05) is 18.5 Å². The van der Waals surface area contributed by atoms with E-state index in [-0.39, 0.29) is 11.8 Å². The molecule has 0 saturated heterocycles. The van der Waals surface area contributed by atoms with Crippen molar-refractivity contribution in [3.63, 3.8) is 0 Å². The quantitative estimate of drug-likeness (QED) is 0.871. The summed E-state index contributed by atoms with van der Waals surface area (Å²) in [6.45, 7) is 2.54. The van der Waals surface area contributed by atoms with Crippen molar-refractivity contribution in [3.05, 3.63) is 21.3 Å². The first-order valence-electron chi connectivity index (χ1n) is 5.08. The lowest BCUT2D eigenvalue weighted by atomic mass is 10.2. The summed E-state index contributed by atoms with van der Waals surface area (Å²) in [5.74, 6) is 0.169. The van der Waals surface area contributed by atoms with Crippen LogP contribution in [-0.4, -0.2) is 27.0 Å². The maximum atomic E-state index is 11.0. The van der Waals surface area contributed by atoms with E-state index in [1.807, 2.05) is 12.1 Å². The van der Waals surface area contributed by atoms with Crippen molar-refractivity contribution >= 4 is 32.8 Å². The van der Waals surface area contributed by atoms with Crippen molar-refractivity contribution < 1.29 is 8.42 Å². The molecule has 1 heterocycles. The predicted molar refractivity (Wildman–Crippen MR) is 70.1 cm³/mol. The molecule has 0 aliphatic carbocycles. The third-order valence-electron chi connectivity index (χ3n) is 2.21. The molecule has 3 nitrogen and oxygen atoms in total. The minimum atomic E-state index is -2.89. The van der Waals surface area contributed by atoms with Gasteiger partial charge in [0.1, 0.15) is 9.84 Å². The summed E-state index contributed by atoms with van der Waals surface area (Å²) in [5.41, 5.74) is 0. The molecule has 1 N–H and O–H groups in total. The Labute approximate surface area is 106 Å². The summed E-state index contributed by atoms with van der Waals surface area (Å²) in [5, 5.41) is 3.23. The second-order valence-electron chi connectivity index (χ2n) is 3.69. The first-order chi connectivity index (χ1) is 7.42. The van der Waals surface area contributed by atoms with Crippen LogP contribution in [0, 0.1) is 0 Å². The summed E-state index contributed by atoms with van der Waals surface area (Å²) in [4.78, 5) is 1.15. The molecule has 0 aliphatic heterocycles. The smallest absolute Gasteiger partial charge is 0.148 e. The van der Waals surface area contributed by atoms with Crippen LogP contribution in [0.15, 0.2) is 12.1 Å². The molecule has 0 radical (unpaired) electrons. The van der Waals surface area contributed by atoms with E-state index in [0.29, 0.717) is 6.54 Å². The first kappa shape index (κ1) is 14.0. The number of sulfone groups is 1. The van der Waals surface area contributed by atoms with Crippen molar-refractivity contribution in [2.45, 2.75) is 19.4 Å². The fraction of sp³-hybridized carbons (Fsp3) is 0.600. The zero-order valence-electron chi connectivity index (χ0n) is 9.36. The van der Waals surface area contributed by atoms with E-state index in [4.69, 9.17) is 11.6 Å². The van der Waals surface area contributed by atoms with Crippen molar-refractivity contribution in [1.29, 1.82) is 0 Å². The number of hydrogen-bond acceptors (Lipinski definition) is 4. The number of thiophene rings is 1. The molecule has 1 unspecified atom stereocenters. The standard InChI is InChI=1S/C10H16ClNO2S2/c1-3-8(9-4-5-10(11)15-9)12-6-7-16(2,13)14/h4-5,8,12H,3,6-7H2,1-2H3. The van der Waals surface area contributed by atoms with Crippen molar-refractivity contribution in [2.24, 2.45) is 0 Å². The van der Waals surface area contributed by atoms with Crippen molar-refractivity contribution in [2.75, 3.05) is 18.6 Å². The van der Waals surface area contributed by atoms with Gasteiger partial charge in [0.2, 0.25) is 0 Å². The van der Waals surface area contributed by atoms with Crippen molar-refractivity contribution in [1.82, 2.24) is 5.32 Å². The highest BCUT2D eigenvalue weighted by atomic mass is 35.5. The third-order valence-corrected chi connectivity index (χ3v) is 4.50. The molecule has 0 fully saturated rings. The van der Waals surface area contributed by atoms with Crippen LogP contribution in [0.5, 0.6) is 0 Å². The molecule has 16 heavy (non-hydrogen) atoms. The van der Waals surface area contributed by atoms with Crippen molar-refractivity contribution in [3.8, 4) is 0 Å². The number of rotatable bonds is 6. The average Bonchev–Trinajstić information content (AvgIpc) is 2.58. The Bertz CT molecular complexity index is 428. The molecule has 1 aromatic heterocycles. The van der Waals surface area contributed by atoms with Gasteiger partial charge in [0.25, 0.3) is 0 Å². The number of nitrogens with one attached hydrogen (secondary N) is 1. The molecule has 1 atom stereocenters. The number of halogens is 1. The highest BCUT2D eigenvalue weighted by Crippen LogP contribution is 2.28. The molecule has 1 aromatic rings. The Kier molecular flexibility index (Phi) is 5.24. The van der Waals surface area contributed by atoms with Crippen LogP contribution in [0.4, 0.5) is 0 Å². The fourth-order valence-corrected chi connectivity index (χ4v) is 3.09. The second kappa shape index (κ2) is 6.00. The summed E-state index contributed by atoms with van der Waals surface area (Å²) in [7, 11) is -2.89. The SMILES string of the molecule is CCC(NCCS(C)(=O)=O)c1ccc(Cl)s1. The summed E-state index contributed by atoms with van der Waals surface area (Å²) >= 11 is 7.39. The lowest BCUT2D eigenvalue weighted by molar-refractivity contribution is 0.539. The van der Waals surface area contributed by atoms with E-state index >= 15 is 0 Å². The second-order valence-corrected chi connectivity index (χ2v) is 7.69. The van der Waals surface area contributed by atoms with Gasteiger partial charge in [-0.3, -0.25) is 0 Å². The van der Waals surface area contributed by atoms with Crippen LogP contribution in [0.1, 0.15) is 24.3 Å². The summed E-state index contributed by atoms with van der Waals surface area (Å²) in [6, 6.07) is 4.04. The van der Waals surface area contributed by atoms with Crippen LogP contribution in [0.25, 0.3) is 0 Å². The highest BCUT2D eigenvalue weighted by molar-refractivity contribution is 7.90. The molecular formula is C10H16ClNO2S2. The third kappa shape index (κ3) is 4.82. The molecule has 92 valence electrons. The van der Waals surface area contributed by atoms with Gasteiger partial charge in [0.05, 0.1) is 10.1 Å². The molecule has 0 amide bonds. The summed E-state index contributed by atoms with van der Waals surface area (Å²) < 4.78 is 22.7. The lowest BCUT2D eigenvalue weighted by Crippen LogP contribution is -2.26. The van der Waals surface area contributed by atoms with Crippen LogP contribution >= 0.6 is 22.9 Å². The normalized spacial score (nSPS) is 13.9. The van der Waals surface area contributed by atoms with E-state index in [9.17, 15) is 8.42 Å². The van der Waals surface area contributed by atoms with Crippen LogP contribution in [-0.2, 0) is 9.84 Å². The fourth-order valence-electron chi connectivity index (χ4n) is 1.38. The monoisotopic (exact) mass is 281 g/mol. The molecule has 0 bridgehead atoms. The minimum absolute atomic E-state index is 0.169. The van der Waals surface area contributed by atoms with Gasteiger partial charge in [-0.2, -0.15) is 0 Å². The lowest BCUT2D eigenvalue weighted by Gasteiger charge is -2.14. The van der Waals surface area contributed by atoms with E-state index < -0.39 is 9.84 Å². The number of hydrogen-bond donors (Lipinski definition) is 1. The Hall–Kier alpha value is -0.100. The predicted octanol–water partition coefficient (Wildman–Crippen LogP) is 2.49. The molecule has 0 aromatic carbocycles. The Morgan fingerprint density at radius 2 is 2.19 bits per heavy atom. The Morgan fingerprint density at radius 1 is 1.50 bits per heavy atom. The maximum absolute atomic E-state index is 11.0. The van der Waals surface area contributed by atoms with Gasteiger partial charge >= 0.3 is 0 Å². The summed E-state index contributed by atoms with van der Waals surface area (Å²) in [6.07, 6.45) is 2.16. The minimum Gasteiger partial charge on any atom is -0.308 e. The van der Waals surface area contributed by atoms with E-state index in [2.05, 4.69) is 12.2 Å². The molecule has 0 aliphatic rings. The van der Waals surface area contributed by atoms with E-state index in [1.165, 1.54) is 17.6 Å². The van der Waals surface area contributed by atoms with E-state index in [1.54, 1.807) is 0 Å². The Balaban J connectivity index is 2.50. The molecule has 6 heteroatoms. The maximum Gasteiger partial charge on any atom is 0.148 e. The molecular weight excluding hydrogens is 266 g/mol. The van der Waals surface area contributed by atoms with Crippen LogP contribution in [0.2, 0.25) is 4.34 Å². The largest absolute Gasteiger partial charge is 0.308 e. The van der Waals surface area contributed by atoms with Crippen LogP contribution < -0.4 is 5.32 Å². The molecule has 0 saturated carbocycles. The van der Waals surface area contributed by atoms with Crippen LogP contribution in [0.3, 0.4) is 0 Å². The van der Waals surface area contributed by atoms with E-state index in [0.717, 1.165) is 15.6 Å². The Morgan fingerprint density at radius 3 is 2.62 bits per heavy atom. The zero-order valence-corrected chi connectivity index (χ0v) is 11.8. The highest BCUT2D eigenvalue weighted by Gasteiger charge is 2.11. The van der Waals surface area contributed by atoms with Gasteiger partial charge < -0.3 is 5.32 Å².